The van der Waals surface area contributed by atoms with Crippen molar-refractivity contribution in [1.29, 1.82) is 0 Å². The van der Waals surface area contributed by atoms with Gasteiger partial charge in [0.25, 0.3) is 10.0 Å². The highest BCUT2D eigenvalue weighted by Gasteiger charge is 2.27. The van der Waals surface area contributed by atoms with Crippen molar-refractivity contribution in [1.82, 2.24) is 5.32 Å². The number of ether oxygens (including phenoxy) is 1. The third-order valence-corrected chi connectivity index (χ3v) is 6.20. The second-order valence-electron chi connectivity index (χ2n) is 6.25. The zero-order valence-electron chi connectivity index (χ0n) is 16.2. The quantitative estimate of drug-likeness (QED) is 0.537. The van der Waals surface area contributed by atoms with Gasteiger partial charge >= 0.3 is 0 Å². The fraction of sp³-hybridized carbons (Fsp3) is 0.190. The number of amides is 1. The average molecular weight is 449 g/mol. The van der Waals surface area contributed by atoms with E-state index in [0.717, 1.165) is 4.31 Å². The van der Waals surface area contributed by atoms with Gasteiger partial charge in [0, 0.05) is 5.02 Å². The number of furan rings is 1. The predicted molar refractivity (Wildman–Crippen MR) is 114 cm³/mol. The number of sulfonamides is 1. The molecule has 30 heavy (non-hydrogen) atoms. The molecule has 1 N–H and O–H groups in total. The number of carbonyl (C=O) groups excluding carboxylic acids is 1. The van der Waals surface area contributed by atoms with Gasteiger partial charge < -0.3 is 14.5 Å². The Bertz CT molecular complexity index is 1070. The van der Waals surface area contributed by atoms with Crippen LogP contribution in [0.25, 0.3) is 0 Å². The number of nitrogens with one attached hydrogen (secondary N) is 1. The van der Waals surface area contributed by atoms with Crippen LogP contribution in [0, 0.1) is 0 Å². The summed E-state index contributed by atoms with van der Waals surface area (Å²) in [5.74, 6) is 0.696. The maximum absolute atomic E-state index is 13.3. The third-order valence-electron chi connectivity index (χ3n) is 4.16. The van der Waals surface area contributed by atoms with Crippen LogP contribution in [-0.2, 0) is 21.4 Å². The molecular formula is C21H21ClN2O5S. The average Bonchev–Trinajstić information content (AvgIpc) is 3.25. The zero-order valence-corrected chi connectivity index (χ0v) is 17.8. The smallest absolute Gasteiger partial charge is 0.264 e. The molecule has 0 aliphatic rings. The highest BCUT2D eigenvalue weighted by Crippen LogP contribution is 2.26. The maximum atomic E-state index is 13.3. The van der Waals surface area contributed by atoms with Crippen LogP contribution in [0.5, 0.6) is 5.75 Å². The Morgan fingerprint density at radius 1 is 1.10 bits per heavy atom. The van der Waals surface area contributed by atoms with Crippen LogP contribution in [0.2, 0.25) is 5.02 Å². The number of anilines is 1. The highest BCUT2D eigenvalue weighted by atomic mass is 35.5. The number of halogens is 1. The van der Waals surface area contributed by atoms with Crippen molar-refractivity contribution in [2.24, 2.45) is 0 Å². The molecule has 0 bridgehead atoms. The lowest BCUT2D eigenvalue weighted by Gasteiger charge is -2.24. The van der Waals surface area contributed by atoms with Crippen molar-refractivity contribution >= 4 is 33.2 Å². The number of hydrogen-bond donors (Lipinski definition) is 1. The van der Waals surface area contributed by atoms with Gasteiger partial charge in [0.05, 0.1) is 30.0 Å². The molecule has 7 nitrogen and oxygen atoms in total. The molecule has 0 unspecified atom stereocenters. The van der Waals surface area contributed by atoms with Crippen LogP contribution in [0.1, 0.15) is 12.7 Å². The molecule has 0 saturated carbocycles. The molecule has 0 saturated heterocycles. The molecule has 0 aliphatic heterocycles. The van der Waals surface area contributed by atoms with Gasteiger partial charge in [0.2, 0.25) is 5.91 Å². The molecule has 1 amide bonds. The SMILES string of the molecule is CCOc1ccc(N(CC(=O)NCc2ccco2)S(=O)(=O)c2ccc(Cl)cc2)cc1. The van der Waals surface area contributed by atoms with Gasteiger partial charge in [-0.05, 0) is 67.6 Å². The number of benzene rings is 2. The molecule has 1 aromatic heterocycles. The van der Waals surface area contributed by atoms with Gasteiger partial charge in [-0.2, -0.15) is 0 Å². The van der Waals surface area contributed by atoms with Crippen molar-refractivity contribution < 1.29 is 22.4 Å². The van der Waals surface area contributed by atoms with E-state index in [4.69, 9.17) is 20.8 Å². The van der Waals surface area contributed by atoms with Gasteiger partial charge in [-0.3, -0.25) is 9.10 Å². The van der Waals surface area contributed by atoms with Gasteiger partial charge in [0.1, 0.15) is 18.1 Å². The predicted octanol–water partition coefficient (Wildman–Crippen LogP) is 3.84. The van der Waals surface area contributed by atoms with Crippen LogP contribution in [0.4, 0.5) is 5.69 Å². The molecule has 3 rings (SSSR count). The normalized spacial score (nSPS) is 11.1. The fourth-order valence-electron chi connectivity index (χ4n) is 2.71. The van der Waals surface area contributed by atoms with E-state index in [0.29, 0.717) is 28.8 Å². The topological polar surface area (TPSA) is 88.8 Å². The second-order valence-corrected chi connectivity index (χ2v) is 8.55. The minimum atomic E-state index is -4.01. The molecule has 9 heteroatoms. The van der Waals surface area contributed by atoms with Crippen molar-refractivity contribution in [3.8, 4) is 5.75 Å². The Morgan fingerprint density at radius 2 is 1.80 bits per heavy atom. The lowest BCUT2D eigenvalue weighted by atomic mass is 10.3. The molecule has 0 spiro atoms. The van der Waals surface area contributed by atoms with Gasteiger partial charge in [-0.15, -0.1) is 0 Å². The van der Waals surface area contributed by atoms with Crippen LogP contribution < -0.4 is 14.4 Å². The van der Waals surface area contributed by atoms with Crippen molar-refractivity contribution in [3.63, 3.8) is 0 Å². The van der Waals surface area contributed by atoms with Crippen molar-refractivity contribution in [2.75, 3.05) is 17.5 Å². The molecule has 0 fully saturated rings. The first-order chi connectivity index (χ1) is 14.4. The first-order valence-corrected chi connectivity index (χ1v) is 11.0. The third kappa shape index (κ3) is 5.34. The molecule has 0 aliphatic carbocycles. The minimum absolute atomic E-state index is 0.0274. The van der Waals surface area contributed by atoms with Crippen LogP contribution in [0.15, 0.2) is 76.2 Å². The lowest BCUT2D eigenvalue weighted by Crippen LogP contribution is -2.40. The Hall–Kier alpha value is -2.97. The van der Waals surface area contributed by atoms with E-state index in [9.17, 15) is 13.2 Å². The first kappa shape index (κ1) is 21.7. The highest BCUT2D eigenvalue weighted by molar-refractivity contribution is 7.92. The standard InChI is InChI=1S/C21H21ClN2O5S/c1-2-28-18-9-7-17(8-10-18)24(15-21(25)23-14-19-4-3-13-29-19)30(26,27)20-11-5-16(22)6-12-20/h3-13H,2,14-15H2,1H3,(H,23,25). The Morgan fingerprint density at radius 3 is 2.40 bits per heavy atom. The van der Waals surface area contributed by atoms with Crippen molar-refractivity contribution in [2.45, 2.75) is 18.4 Å². The summed E-state index contributed by atoms with van der Waals surface area (Å²) in [6, 6.07) is 15.7. The Kier molecular flexibility index (Phi) is 7.02. The van der Waals surface area contributed by atoms with E-state index >= 15 is 0 Å². The van der Waals surface area contributed by atoms with E-state index in [1.54, 1.807) is 36.4 Å². The lowest BCUT2D eigenvalue weighted by molar-refractivity contribution is -0.119. The van der Waals surface area contributed by atoms with Crippen LogP contribution in [0.3, 0.4) is 0 Å². The maximum Gasteiger partial charge on any atom is 0.264 e. The second kappa shape index (κ2) is 9.69. The molecular weight excluding hydrogens is 428 g/mol. The summed E-state index contributed by atoms with van der Waals surface area (Å²) in [5, 5.41) is 3.08. The molecule has 1 heterocycles. The van der Waals surface area contributed by atoms with E-state index in [2.05, 4.69) is 5.32 Å². The molecule has 2 aromatic carbocycles. The number of rotatable bonds is 9. The van der Waals surface area contributed by atoms with Crippen LogP contribution >= 0.6 is 11.6 Å². The first-order valence-electron chi connectivity index (χ1n) is 9.20. The summed E-state index contributed by atoms with van der Waals surface area (Å²) in [6.07, 6.45) is 1.50. The molecule has 158 valence electrons. The number of hydrogen-bond acceptors (Lipinski definition) is 5. The zero-order chi connectivity index (χ0) is 21.6. The monoisotopic (exact) mass is 448 g/mol. The van der Waals surface area contributed by atoms with Crippen LogP contribution in [-0.4, -0.2) is 27.5 Å². The van der Waals surface area contributed by atoms with Gasteiger partial charge in [-0.25, -0.2) is 8.42 Å². The van der Waals surface area contributed by atoms with Gasteiger partial charge in [0.15, 0.2) is 0 Å². The van der Waals surface area contributed by atoms with Gasteiger partial charge in [-0.1, -0.05) is 11.6 Å². The summed E-state index contributed by atoms with van der Waals surface area (Å²) in [5.41, 5.74) is 0.335. The van der Waals surface area contributed by atoms with E-state index in [-0.39, 0.29) is 11.4 Å². The summed E-state index contributed by atoms with van der Waals surface area (Å²) in [4.78, 5) is 12.5. The summed E-state index contributed by atoms with van der Waals surface area (Å²) < 4.78 is 38.2. The fourth-order valence-corrected chi connectivity index (χ4v) is 4.26. The van der Waals surface area contributed by atoms with E-state index in [1.807, 2.05) is 6.92 Å². The number of nitrogens with zero attached hydrogens (tertiary/aromatic N) is 1. The molecule has 3 aromatic rings. The van der Waals surface area contributed by atoms with E-state index in [1.165, 1.54) is 30.5 Å². The summed E-state index contributed by atoms with van der Waals surface area (Å²) >= 11 is 5.88. The molecule has 0 radical (unpaired) electrons. The van der Waals surface area contributed by atoms with Crippen molar-refractivity contribution in [3.05, 3.63) is 77.7 Å². The largest absolute Gasteiger partial charge is 0.494 e. The Balaban J connectivity index is 1.87. The molecule has 0 atom stereocenters. The number of carbonyl (C=O) groups is 1. The summed E-state index contributed by atoms with van der Waals surface area (Å²) in [7, 11) is -4.01. The minimum Gasteiger partial charge on any atom is -0.494 e. The Labute approximate surface area is 180 Å². The summed E-state index contributed by atoms with van der Waals surface area (Å²) in [6.45, 7) is 2.10. The van der Waals surface area contributed by atoms with E-state index < -0.39 is 22.5 Å².